The molecule has 0 aliphatic heterocycles. The van der Waals surface area contributed by atoms with Gasteiger partial charge in [0.15, 0.2) is 5.65 Å². The first-order valence-corrected chi connectivity index (χ1v) is 11.0. The summed E-state index contributed by atoms with van der Waals surface area (Å²) in [6.45, 7) is 4.62. The van der Waals surface area contributed by atoms with Crippen LogP contribution in [0.15, 0.2) is 35.4 Å². The summed E-state index contributed by atoms with van der Waals surface area (Å²) in [6.07, 6.45) is 4.77. The molecule has 1 N–H and O–H groups in total. The molecule has 1 amide bonds. The Morgan fingerprint density at radius 3 is 2.90 bits per heavy atom. The van der Waals surface area contributed by atoms with E-state index in [4.69, 9.17) is 0 Å². The lowest BCUT2D eigenvalue weighted by atomic mass is 9.89. The molecule has 0 saturated carbocycles. The molecule has 1 aliphatic rings. The van der Waals surface area contributed by atoms with E-state index in [2.05, 4.69) is 22.2 Å². The van der Waals surface area contributed by atoms with Crippen molar-refractivity contribution < 1.29 is 4.79 Å². The average molecular weight is 422 g/mol. The Labute approximate surface area is 177 Å². The monoisotopic (exact) mass is 421 g/mol. The third kappa shape index (κ3) is 3.31. The lowest BCUT2D eigenvalue weighted by Gasteiger charge is -2.17. The van der Waals surface area contributed by atoms with Gasteiger partial charge in [0.2, 0.25) is 5.91 Å². The lowest BCUT2D eigenvalue weighted by Crippen LogP contribution is -2.32. The predicted molar refractivity (Wildman–Crippen MR) is 117 cm³/mol. The summed E-state index contributed by atoms with van der Waals surface area (Å²) in [6, 6.07) is 7.99. The van der Waals surface area contributed by atoms with Crippen molar-refractivity contribution in [2.24, 2.45) is 5.92 Å². The van der Waals surface area contributed by atoms with Gasteiger partial charge >= 0.3 is 5.69 Å². The highest BCUT2D eigenvalue weighted by Gasteiger charge is 2.24. The third-order valence-electron chi connectivity index (χ3n) is 5.80. The van der Waals surface area contributed by atoms with Crippen LogP contribution in [0.3, 0.4) is 0 Å². The van der Waals surface area contributed by atoms with Crippen LogP contribution in [0.25, 0.3) is 15.9 Å². The number of benzene rings is 1. The average Bonchev–Trinajstić information content (AvgIpc) is 3.24. The van der Waals surface area contributed by atoms with Crippen molar-refractivity contribution in [3.05, 3.63) is 62.6 Å². The van der Waals surface area contributed by atoms with Crippen LogP contribution in [0.2, 0.25) is 0 Å². The summed E-state index contributed by atoms with van der Waals surface area (Å²) >= 11 is 1.70. The summed E-state index contributed by atoms with van der Waals surface area (Å²) in [4.78, 5) is 36.2. The second-order valence-electron chi connectivity index (χ2n) is 8.16. The van der Waals surface area contributed by atoms with Crippen molar-refractivity contribution >= 4 is 33.1 Å². The molecular formula is C22H23N5O2S. The molecule has 0 fully saturated rings. The van der Waals surface area contributed by atoms with Crippen molar-refractivity contribution in [3.63, 3.8) is 0 Å². The van der Waals surface area contributed by atoms with Gasteiger partial charge in [0.25, 0.3) is 0 Å². The molecule has 1 aromatic carbocycles. The Morgan fingerprint density at radius 2 is 2.10 bits per heavy atom. The largest absolute Gasteiger partial charge is 0.365 e. The van der Waals surface area contributed by atoms with Gasteiger partial charge in [0.05, 0.1) is 5.39 Å². The number of fused-ring (bicyclic) bond motifs is 5. The first-order chi connectivity index (χ1) is 14.5. The Hall–Kier alpha value is -3.00. The van der Waals surface area contributed by atoms with Crippen LogP contribution < -0.4 is 11.0 Å². The molecule has 7 nitrogen and oxygen atoms in total. The van der Waals surface area contributed by atoms with Gasteiger partial charge in [-0.2, -0.15) is 4.98 Å². The Balaban J connectivity index is 1.44. The number of hydrogen-bond donors (Lipinski definition) is 1. The van der Waals surface area contributed by atoms with Gasteiger partial charge in [-0.1, -0.05) is 36.8 Å². The fourth-order valence-electron chi connectivity index (χ4n) is 4.10. The van der Waals surface area contributed by atoms with E-state index in [1.54, 1.807) is 22.2 Å². The van der Waals surface area contributed by atoms with Gasteiger partial charge in [-0.15, -0.1) is 11.3 Å². The van der Waals surface area contributed by atoms with Crippen molar-refractivity contribution in [3.8, 4) is 0 Å². The summed E-state index contributed by atoms with van der Waals surface area (Å²) in [5.41, 5.74) is 3.63. The predicted octanol–water partition coefficient (Wildman–Crippen LogP) is 2.86. The van der Waals surface area contributed by atoms with Gasteiger partial charge in [-0.25, -0.2) is 19.0 Å². The topological polar surface area (TPSA) is 81.3 Å². The highest BCUT2D eigenvalue weighted by molar-refractivity contribution is 7.19. The van der Waals surface area contributed by atoms with Crippen molar-refractivity contribution in [1.29, 1.82) is 0 Å². The maximum Gasteiger partial charge on any atom is 0.365 e. The number of carbonyl (C=O) groups excluding carboxylic acids is 1. The zero-order chi connectivity index (χ0) is 20.8. The van der Waals surface area contributed by atoms with Gasteiger partial charge in [-0.05, 0) is 43.2 Å². The third-order valence-corrected chi connectivity index (χ3v) is 6.97. The van der Waals surface area contributed by atoms with Gasteiger partial charge < -0.3 is 5.32 Å². The van der Waals surface area contributed by atoms with E-state index < -0.39 is 5.69 Å². The molecule has 1 atom stereocenters. The quantitative estimate of drug-likeness (QED) is 0.549. The smallest absolute Gasteiger partial charge is 0.350 e. The fraction of sp³-hybridized carbons (Fsp3) is 0.364. The number of carbonyl (C=O) groups is 1. The van der Waals surface area contributed by atoms with Gasteiger partial charge in [0, 0.05) is 11.4 Å². The molecule has 1 aliphatic carbocycles. The van der Waals surface area contributed by atoms with E-state index in [9.17, 15) is 9.59 Å². The minimum absolute atomic E-state index is 0.0948. The van der Waals surface area contributed by atoms with Crippen LogP contribution in [0.4, 0.5) is 0 Å². The van der Waals surface area contributed by atoms with E-state index in [0.717, 1.165) is 35.0 Å². The molecule has 154 valence electrons. The molecule has 0 unspecified atom stereocenters. The minimum Gasteiger partial charge on any atom is -0.350 e. The van der Waals surface area contributed by atoms with Gasteiger partial charge in [-0.3, -0.25) is 4.79 Å². The Kier molecular flexibility index (Phi) is 4.66. The zero-order valence-electron chi connectivity index (χ0n) is 17.0. The summed E-state index contributed by atoms with van der Waals surface area (Å²) in [5, 5.41) is 3.85. The Bertz CT molecular complexity index is 1320. The molecule has 4 aromatic rings. The normalized spacial score (nSPS) is 16.1. The second kappa shape index (κ2) is 7.36. The Morgan fingerprint density at radius 1 is 1.30 bits per heavy atom. The molecule has 30 heavy (non-hydrogen) atoms. The number of hydrogen-bond acceptors (Lipinski definition) is 5. The number of nitrogens with one attached hydrogen (secondary N) is 1. The molecule has 5 rings (SSSR count). The number of amides is 1. The maximum absolute atomic E-state index is 12.6. The van der Waals surface area contributed by atoms with Gasteiger partial charge in [0.1, 0.15) is 17.7 Å². The van der Waals surface area contributed by atoms with E-state index >= 15 is 0 Å². The van der Waals surface area contributed by atoms with Crippen LogP contribution in [0.5, 0.6) is 0 Å². The molecule has 0 radical (unpaired) electrons. The molecular weight excluding hydrogens is 398 g/mol. The maximum atomic E-state index is 12.6. The van der Waals surface area contributed by atoms with E-state index in [0.29, 0.717) is 18.1 Å². The summed E-state index contributed by atoms with van der Waals surface area (Å²) in [7, 11) is 0. The first-order valence-electron chi connectivity index (χ1n) is 10.2. The molecule has 0 saturated heterocycles. The van der Waals surface area contributed by atoms with E-state index in [1.807, 2.05) is 31.2 Å². The number of aromatic nitrogens is 4. The van der Waals surface area contributed by atoms with Crippen LogP contribution in [0.1, 0.15) is 34.9 Å². The van der Waals surface area contributed by atoms with Crippen LogP contribution in [-0.4, -0.2) is 25.1 Å². The standard InChI is InChI=1S/C22H23N5O2S/c1-13-3-6-15(7-4-13)10-23-18(28)11-26-22(29)25-20-19-16-8-5-14(2)9-17(16)30-21(19)24-12-27(20)26/h3-4,6-7,12,14H,5,8-11H2,1-2H3,(H,23,28)/t14-/m0/s1. The molecule has 0 bridgehead atoms. The SMILES string of the molecule is Cc1ccc(CNC(=O)Cn2c(=O)nc3c4c5c(sc4ncn32)C[C@@H](C)CC5)cc1. The van der Waals surface area contributed by atoms with E-state index in [1.165, 1.54) is 20.7 Å². The summed E-state index contributed by atoms with van der Waals surface area (Å²) in [5.74, 6) is 0.430. The first kappa shape index (κ1) is 19.0. The lowest BCUT2D eigenvalue weighted by molar-refractivity contribution is -0.122. The highest BCUT2D eigenvalue weighted by Crippen LogP contribution is 2.38. The van der Waals surface area contributed by atoms with Crippen LogP contribution in [-0.2, 0) is 30.7 Å². The zero-order valence-corrected chi connectivity index (χ0v) is 17.8. The number of nitrogens with zero attached hydrogens (tertiary/aromatic N) is 4. The van der Waals surface area contributed by atoms with Crippen LogP contribution >= 0.6 is 11.3 Å². The van der Waals surface area contributed by atoms with E-state index in [-0.39, 0.29) is 12.5 Å². The van der Waals surface area contributed by atoms with Crippen molar-refractivity contribution in [2.45, 2.75) is 46.2 Å². The molecule has 3 aromatic heterocycles. The minimum atomic E-state index is -0.432. The summed E-state index contributed by atoms with van der Waals surface area (Å²) < 4.78 is 2.98. The molecule has 8 heteroatoms. The number of aryl methyl sites for hydroxylation is 2. The van der Waals surface area contributed by atoms with Crippen molar-refractivity contribution in [2.75, 3.05) is 0 Å². The number of rotatable bonds is 4. The fourth-order valence-corrected chi connectivity index (χ4v) is 5.45. The second-order valence-corrected chi connectivity index (χ2v) is 9.24. The molecule has 0 spiro atoms. The number of thiophene rings is 1. The molecule has 3 heterocycles. The van der Waals surface area contributed by atoms with Crippen LogP contribution in [0, 0.1) is 12.8 Å². The highest BCUT2D eigenvalue weighted by atomic mass is 32.1. The van der Waals surface area contributed by atoms with Crippen molar-refractivity contribution in [1.82, 2.24) is 24.5 Å².